The van der Waals surface area contributed by atoms with Gasteiger partial charge in [0.05, 0.1) is 5.69 Å². The number of carbonyl (C=O) groups excluding carboxylic acids is 2. The Kier molecular flexibility index (Phi) is 3.57. The normalized spacial score (nSPS) is 14.6. The Morgan fingerprint density at radius 2 is 1.72 bits per heavy atom. The molecule has 2 aromatic carbocycles. The molecule has 1 aliphatic heterocycles. The average Bonchev–Trinajstić information content (AvgIpc) is 2.89. The highest BCUT2D eigenvalue weighted by atomic mass is 16.4. The third kappa shape index (κ3) is 2.78. The van der Waals surface area contributed by atoms with E-state index < -0.39 is 5.63 Å². The lowest BCUT2D eigenvalue weighted by Crippen LogP contribution is -2.32. The number of hydrogen-bond donors (Lipinski definition) is 0. The zero-order chi connectivity index (χ0) is 17.4. The molecular weight excluding hydrogens is 320 g/mol. The lowest BCUT2D eigenvalue weighted by Gasteiger charge is -2.17. The molecule has 0 aliphatic carbocycles. The van der Waals surface area contributed by atoms with E-state index in [1.165, 1.54) is 11.0 Å². The molecule has 0 atom stereocenters. The Morgan fingerprint density at radius 3 is 2.52 bits per heavy atom. The van der Waals surface area contributed by atoms with Crippen molar-refractivity contribution in [1.82, 2.24) is 4.90 Å². The van der Waals surface area contributed by atoms with E-state index >= 15 is 0 Å². The molecule has 1 fully saturated rings. The van der Waals surface area contributed by atoms with Gasteiger partial charge < -0.3 is 9.32 Å². The minimum absolute atomic E-state index is 0.0373. The van der Waals surface area contributed by atoms with Crippen LogP contribution >= 0.6 is 0 Å². The Labute approximate surface area is 142 Å². The molecule has 6 heteroatoms. The largest absolute Gasteiger partial charge is 0.423 e. The zero-order valence-electron chi connectivity index (χ0n) is 13.2. The van der Waals surface area contributed by atoms with Gasteiger partial charge in [-0.15, -0.1) is 0 Å². The summed E-state index contributed by atoms with van der Waals surface area (Å²) in [6.07, 6.45) is 0. The van der Waals surface area contributed by atoms with Gasteiger partial charge in [-0.3, -0.25) is 4.79 Å². The van der Waals surface area contributed by atoms with Gasteiger partial charge in [-0.25, -0.2) is 14.5 Å². The van der Waals surface area contributed by atoms with Crippen molar-refractivity contribution >= 4 is 28.6 Å². The summed E-state index contributed by atoms with van der Waals surface area (Å²) in [6, 6.07) is 16.9. The maximum Gasteiger partial charge on any atom is 0.336 e. The quantitative estimate of drug-likeness (QED) is 0.545. The van der Waals surface area contributed by atoms with Gasteiger partial charge in [0.15, 0.2) is 0 Å². The minimum Gasteiger partial charge on any atom is -0.423 e. The van der Waals surface area contributed by atoms with Crippen molar-refractivity contribution in [2.45, 2.75) is 6.54 Å². The number of anilines is 1. The van der Waals surface area contributed by atoms with Gasteiger partial charge in [0.25, 0.3) is 5.91 Å². The molecule has 1 saturated heterocycles. The van der Waals surface area contributed by atoms with Gasteiger partial charge in [-0.05, 0) is 29.8 Å². The number of hydrogen-bond acceptors (Lipinski definition) is 4. The lowest BCUT2D eigenvalue weighted by atomic mass is 10.2. The van der Waals surface area contributed by atoms with Crippen molar-refractivity contribution in [2.75, 3.05) is 11.4 Å². The van der Waals surface area contributed by atoms with E-state index in [0.717, 1.165) is 10.5 Å². The fourth-order valence-corrected chi connectivity index (χ4v) is 2.93. The second kappa shape index (κ2) is 5.90. The molecule has 3 amide bonds. The van der Waals surface area contributed by atoms with Gasteiger partial charge in [0.2, 0.25) is 0 Å². The molecule has 1 aromatic heterocycles. The van der Waals surface area contributed by atoms with E-state index in [9.17, 15) is 14.4 Å². The first-order chi connectivity index (χ1) is 12.1. The summed E-state index contributed by atoms with van der Waals surface area (Å²) in [4.78, 5) is 39.0. The molecule has 0 unspecified atom stereocenters. The van der Waals surface area contributed by atoms with Crippen molar-refractivity contribution in [1.29, 1.82) is 0 Å². The van der Waals surface area contributed by atoms with E-state index in [4.69, 9.17) is 4.42 Å². The van der Waals surface area contributed by atoms with Crippen LogP contribution < -0.4 is 10.5 Å². The van der Waals surface area contributed by atoms with Crippen LogP contribution in [0, 0.1) is 0 Å². The van der Waals surface area contributed by atoms with Crippen LogP contribution in [0.15, 0.2) is 69.9 Å². The van der Waals surface area contributed by atoms with E-state index in [2.05, 4.69) is 0 Å². The van der Waals surface area contributed by atoms with Crippen LogP contribution in [0.1, 0.15) is 5.56 Å². The number of carbonyl (C=O) groups is 2. The molecule has 2 heterocycles. The lowest BCUT2D eigenvalue weighted by molar-refractivity contribution is -0.116. The highest BCUT2D eigenvalue weighted by Gasteiger charge is 2.37. The Morgan fingerprint density at radius 1 is 0.920 bits per heavy atom. The van der Waals surface area contributed by atoms with E-state index in [0.29, 0.717) is 23.2 Å². The van der Waals surface area contributed by atoms with Crippen LogP contribution in [-0.2, 0) is 11.3 Å². The molecule has 0 N–H and O–H groups in total. The second-order valence-corrected chi connectivity index (χ2v) is 5.83. The maximum absolute atomic E-state index is 12.7. The molecule has 0 spiro atoms. The molecular formula is C19H14N2O4. The predicted molar refractivity (Wildman–Crippen MR) is 92.2 cm³/mol. The monoisotopic (exact) mass is 334 g/mol. The fraction of sp³-hybridized carbons (Fsp3) is 0.105. The third-order valence-corrected chi connectivity index (χ3v) is 4.11. The highest BCUT2D eigenvalue weighted by Crippen LogP contribution is 2.26. The summed E-state index contributed by atoms with van der Waals surface area (Å²) in [5.74, 6) is -0.280. The summed E-state index contributed by atoms with van der Waals surface area (Å²) < 4.78 is 5.08. The maximum atomic E-state index is 12.7. The summed E-state index contributed by atoms with van der Waals surface area (Å²) in [5, 5.41) is 0.652. The van der Waals surface area contributed by atoms with Crippen LogP contribution in [0.25, 0.3) is 11.0 Å². The van der Waals surface area contributed by atoms with Crippen LogP contribution in [0.3, 0.4) is 0 Å². The molecule has 0 saturated carbocycles. The third-order valence-electron chi connectivity index (χ3n) is 4.11. The number of imide groups is 1. The molecule has 3 aromatic rings. The molecule has 4 rings (SSSR count). The van der Waals surface area contributed by atoms with Crippen molar-refractivity contribution < 1.29 is 14.0 Å². The first kappa shape index (κ1) is 15.1. The molecule has 25 heavy (non-hydrogen) atoms. The molecule has 0 bridgehead atoms. The van der Waals surface area contributed by atoms with Crippen molar-refractivity contribution in [3.05, 3.63) is 76.6 Å². The van der Waals surface area contributed by atoms with Crippen molar-refractivity contribution in [3.8, 4) is 0 Å². The van der Waals surface area contributed by atoms with Gasteiger partial charge in [0.1, 0.15) is 12.1 Å². The molecule has 6 nitrogen and oxygen atoms in total. The molecule has 1 aliphatic rings. The SMILES string of the molecule is O=C1CN(Cc2ccccc2)C(=O)N1c1ccc2oc(=O)ccc2c1. The number of rotatable bonds is 3. The van der Waals surface area contributed by atoms with Gasteiger partial charge in [-0.2, -0.15) is 0 Å². The molecule has 124 valence electrons. The Bertz CT molecular complexity index is 1030. The van der Waals surface area contributed by atoms with Gasteiger partial charge in [-0.1, -0.05) is 30.3 Å². The fourth-order valence-electron chi connectivity index (χ4n) is 2.93. The molecule has 0 radical (unpaired) electrons. The number of benzene rings is 2. The first-order valence-electron chi connectivity index (χ1n) is 7.81. The number of fused-ring (bicyclic) bond motifs is 1. The van der Waals surface area contributed by atoms with Gasteiger partial charge >= 0.3 is 11.7 Å². The predicted octanol–water partition coefficient (Wildman–Crippen LogP) is 2.76. The van der Waals surface area contributed by atoms with Crippen LogP contribution in [0.4, 0.5) is 10.5 Å². The summed E-state index contributed by atoms with van der Waals surface area (Å²) in [7, 11) is 0. The second-order valence-electron chi connectivity index (χ2n) is 5.83. The standard InChI is InChI=1S/C19H14N2O4/c22-17-12-20(11-13-4-2-1-3-5-13)19(24)21(17)15-7-8-16-14(10-15)6-9-18(23)25-16/h1-10H,11-12H2. The van der Waals surface area contributed by atoms with Crippen molar-refractivity contribution in [2.24, 2.45) is 0 Å². The van der Waals surface area contributed by atoms with Crippen LogP contribution in [0.2, 0.25) is 0 Å². The smallest absolute Gasteiger partial charge is 0.336 e. The summed E-state index contributed by atoms with van der Waals surface area (Å²) in [5.41, 5.74) is 1.40. The van der Waals surface area contributed by atoms with E-state index in [-0.39, 0.29) is 18.5 Å². The van der Waals surface area contributed by atoms with E-state index in [1.807, 2.05) is 30.3 Å². The highest BCUT2D eigenvalue weighted by molar-refractivity contribution is 6.20. The van der Waals surface area contributed by atoms with Crippen LogP contribution in [-0.4, -0.2) is 23.4 Å². The van der Waals surface area contributed by atoms with Crippen LogP contribution in [0.5, 0.6) is 0 Å². The Balaban J connectivity index is 1.64. The van der Waals surface area contributed by atoms with Gasteiger partial charge in [0, 0.05) is 18.0 Å². The van der Waals surface area contributed by atoms with Crippen molar-refractivity contribution in [3.63, 3.8) is 0 Å². The Hall–Kier alpha value is -3.41. The first-order valence-corrected chi connectivity index (χ1v) is 7.81. The number of nitrogens with zero attached hydrogens (tertiary/aromatic N) is 2. The summed E-state index contributed by atoms with van der Waals surface area (Å²) in [6.45, 7) is 0.417. The summed E-state index contributed by atoms with van der Waals surface area (Å²) >= 11 is 0. The topological polar surface area (TPSA) is 70.8 Å². The number of amides is 3. The minimum atomic E-state index is -0.442. The average molecular weight is 334 g/mol. The number of urea groups is 1. The zero-order valence-corrected chi connectivity index (χ0v) is 13.2. The van der Waals surface area contributed by atoms with E-state index in [1.54, 1.807) is 24.3 Å².